The molecule has 0 unspecified atom stereocenters. The van der Waals surface area contributed by atoms with E-state index < -0.39 is 29.0 Å². The number of aliphatic hydroxyl groups excluding tert-OH is 1. The zero-order valence-corrected chi connectivity index (χ0v) is 11.7. The molecule has 0 saturated heterocycles. The van der Waals surface area contributed by atoms with E-state index in [4.69, 9.17) is 9.15 Å². The first-order valence-electron chi connectivity index (χ1n) is 4.60. The topological polar surface area (TPSA) is 103 Å². The lowest BCUT2D eigenvalue weighted by Crippen LogP contribution is -2.19. The summed E-state index contributed by atoms with van der Waals surface area (Å²) in [5, 5.41) is 20.4. The van der Waals surface area contributed by atoms with Crippen LogP contribution in [0.1, 0.15) is 11.9 Å². The number of nitrogens with zero attached hydrogens (tertiary/aromatic N) is 1. The van der Waals surface area contributed by atoms with Crippen LogP contribution in [0.4, 0.5) is 5.88 Å². The van der Waals surface area contributed by atoms with Gasteiger partial charge in [0.1, 0.15) is 15.2 Å². The number of rotatable bonds is 3. The summed E-state index contributed by atoms with van der Waals surface area (Å²) in [6, 6.07) is 2.37. The summed E-state index contributed by atoms with van der Waals surface area (Å²) in [6.07, 6.45) is -2.32. The molecule has 1 aromatic rings. The summed E-state index contributed by atoms with van der Waals surface area (Å²) < 4.78 is 10.2. The van der Waals surface area contributed by atoms with Gasteiger partial charge in [-0.25, -0.2) is 4.79 Å². The predicted molar refractivity (Wildman–Crippen MR) is 65.1 cm³/mol. The molecule has 0 aliphatic carbocycles. The van der Waals surface area contributed by atoms with Gasteiger partial charge in [0.05, 0.1) is 10.5 Å². The van der Waals surface area contributed by atoms with E-state index in [1.165, 1.54) is 6.07 Å². The number of hydrogen-bond acceptors (Lipinski definition) is 6. The fourth-order valence-electron chi connectivity index (χ4n) is 1.39. The first-order chi connectivity index (χ1) is 8.41. The molecule has 1 aliphatic heterocycles. The van der Waals surface area contributed by atoms with Gasteiger partial charge >= 0.3 is 11.9 Å². The van der Waals surface area contributed by atoms with Crippen LogP contribution in [0, 0.1) is 10.1 Å². The Morgan fingerprint density at radius 3 is 2.56 bits per heavy atom. The highest BCUT2D eigenvalue weighted by molar-refractivity contribution is 9.14. The highest BCUT2D eigenvalue weighted by atomic mass is 79.9. The van der Waals surface area contributed by atoms with Crippen molar-refractivity contribution in [3.63, 3.8) is 0 Å². The lowest BCUT2D eigenvalue weighted by atomic mass is 10.1. The van der Waals surface area contributed by atoms with Gasteiger partial charge in [-0.2, -0.15) is 0 Å². The smallest absolute Gasteiger partial charge is 0.433 e. The third-order valence-electron chi connectivity index (χ3n) is 2.24. The second-order valence-corrected chi connectivity index (χ2v) is 5.01. The van der Waals surface area contributed by atoms with Crippen molar-refractivity contribution in [3.8, 4) is 0 Å². The molecule has 1 N–H and O–H groups in total. The van der Waals surface area contributed by atoms with E-state index in [-0.39, 0.29) is 10.2 Å². The number of halogens is 2. The van der Waals surface area contributed by atoms with Gasteiger partial charge < -0.3 is 14.3 Å². The van der Waals surface area contributed by atoms with Crippen molar-refractivity contribution in [3.05, 3.63) is 37.0 Å². The van der Waals surface area contributed by atoms with Crippen LogP contribution in [-0.2, 0) is 9.53 Å². The number of carbonyl (C=O) groups is 1. The van der Waals surface area contributed by atoms with Gasteiger partial charge in [0.15, 0.2) is 12.2 Å². The number of aliphatic hydroxyl groups is 1. The second kappa shape index (κ2) is 4.82. The van der Waals surface area contributed by atoms with Crippen LogP contribution in [0.2, 0.25) is 0 Å². The number of furan rings is 1. The van der Waals surface area contributed by atoms with Gasteiger partial charge in [-0.1, -0.05) is 0 Å². The Balaban J connectivity index is 2.24. The van der Waals surface area contributed by atoms with E-state index in [9.17, 15) is 20.0 Å². The number of nitro groups is 1. The maximum atomic E-state index is 11.2. The molecule has 0 fully saturated rings. The number of hydrogen-bond donors (Lipinski definition) is 1. The van der Waals surface area contributed by atoms with Crippen molar-refractivity contribution < 1.29 is 24.0 Å². The standard InChI is InChI=1S/C9H5Br2NO6/c10-5-6(11)9(14)18-8(5)7(13)3-1-2-4(17-3)12(15)16/h1-2,7-8,13H/t7-,8-/m0/s1. The molecule has 18 heavy (non-hydrogen) atoms. The normalized spacial score (nSPS) is 21.1. The minimum absolute atomic E-state index is 0.0568. The van der Waals surface area contributed by atoms with Crippen LogP contribution in [0.25, 0.3) is 0 Å². The van der Waals surface area contributed by atoms with Crippen LogP contribution >= 0.6 is 31.9 Å². The summed E-state index contributed by atoms with van der Waals surface area (Å²) >= 11 is 6.08. The molecule has 9 heteroatoms. The Labute approximate surface area is 117 Å². The van der Waals surface area contributed by atoms with E-state index >= 15 is 0 Å². The lowest BCUT2D eigenvalue weighted by Gasteiger charge is -2.15. The van der Waals surface area contributed by atoms with Gasteiger partial charge in [-0.05, 0) is 37.9 Å². The van der Waals surface area contributed by atoms with Crippen LogP contribution in [-0.4, -0.2) is 22.1 Å². The summed E-state index contributed by atoms with van der Waals surface area (Å²) in [5.41, 5.74) is 0. The number of cyclic esters (lactones) is 1. The van der Waals surface area contributed by atoms with E-state index in [1.807, 2.05) is 0 Å². The Hall–Kier alpha value is -1.19. The van der Waals surface area contributed by atoms with Crippen LogP contribution in [0.3, 0.4) is 0 Å². The molecule has 2 rings (SSSR count). The molecular weight excluding hydrogens is 378 g/mol. The van der Waals surface area contributed by atoms with Gasteiger partial charge in [0.2, 0.25) is 0 Å². The zero-order chi connectivity index (χ0) is 13.4. The maximum Gasteiger partial charge on any atom is 0.433 e. The van der Waals surface area contributed by atoms with Crippen LogP contribution in [0.15, 0.2) is 25.5 Å². The molecule has 96 valence electrons. The van der Waals surface area contributed by atoms with Gasteiger partial charge in [0, 0.05) is 0 Å². The van der Waals surface area contributed by atoms with Crippen LogP contribution in [0.5, 0.6) is 0 Å². The zero-order valence-electron chi connectivity index (χ0n) is 8.50. The largest absolute Gasteiger partial charge is 0.450 e. The molecule has 1 aromatic heterocycles. The highest BCUT2D eigenvalue weighted by Crippen LogP contribution is 2.38. The Bertz CT molecular complexity index is 551. The molecule has 2 heterocycles. The number of esters is 1. The van der Waals surface area contributed by atoms with Gasteiger partial charge in [-0.3, -0.25) is 10.1 Å². The Morgan fingerprint density at radius 1 is 1.44 bits per heavy atom. The molecule has 7 nitrogen and oxygen atoms in total. The maximum absolute atomic E-state index is 11.2. The summed E-state index contributed by atoms with van der Waals surface area (Å²) in [5.74, 6) is -1.18. The Morgan fingerprint density at radius 2 is 2.11 bits per heavy atom. The first-order valence-corrected chi connectivity index (χ1v) is 6.18. The van der Waals surface area contributed by atoms with Crippen molar-refractivity contribution in [1.82, 2.24) is 0 Å². The molecule has 0 radical (unpaired) electrons. The van der Waals surface area contributed by atoms with Crippen molar-refractivity contribution in [2.75, 3.05) is 0 Å². The van der Waals surface area contributed by atoms with E-state index in [1.54, 1.807) is 0 Å². The molecule has 0 spiro atoms. The molecule has 0 aromatic carbocycles. The van der Waals surface area contributed by atoms with Crippen molar-refractivity contribution >= 4 is 43.7 Å². The predicted octanol–water partition coefficient (Wildman–Crippen LogP) is 2.15. The molecule has 1 aliphatic rings. The van der Waals surface area contributed by atoms with Gasteiger partial charge in [-0.15, -0.1) is 0 Å². The van der Waals surface area contributed by atoms with E-state index in [2.05, 4.69) is 31.9 Å². The van der Waals surface area contributed by atoms with Crippen molar-refractivity contribution in [2.24, 2.45) is 0 Å². The molecule has 0 saturated carbocycles. The average molecular weight is 383 g/mol. The van der Waals surface area contributed by atoms with Gasteiger partial charge in [0.25, 0.3) is 0 Å². The average Bonchev–Trinajstić information content (AvgIpc) is 2.90. The molecular formula is C9H5Br2NO6. The third kappa shape index (κ3) is 2.20. The fraction of sp³-hybridized carbons (Fsp3) is 0.222. The van der Waals surface area contributed by atoms with Crippen LogP contribution < -0.4 is 0 Å². The summed E-state index contributed by atoms with van der Waals surface area (Å²) in [4.78, 5) is 21.0. The Kier molecular flexibility index (Phi) is 3.55. The lowest BCUT2D eigenvalue weighted by molar-refractivity contribution is -0.402. The monoisotopic (exact) mass is 381 g/mol. The van der Waals surface area contributed by atoms with E-state index in [0.29, 0.717) is 4.48 Å². The molecule has 0 amide bonds. The molecule has 2 atom stereocenters. The second-order valence-electron chi connectivity index (χ2n) is 3.37. The highest BCUT2D eigenvalue weighted by Gasteiger charge is 2.38. The minimum Gasteiger partial charge on any atom is -0.450 e. The fourth-order valence-corrected chi connectivity index (χ4v) is 2.22. The quantitative estimate of drug-likeness (QED) is 0.488. The minimum atomic E-state index is -1.33. The number of carbonyl (C=O) groups excluding carboxylic acids is 1. The summed E-state index contributed by atoms with van der Waals surface area (Å²) in [6.45, 7) is 0. The summed E-state index contributed by atoms with van der Waals surface area (Å²) in [7, 11) is 0. The SMILES string of the molecule is O=C1O[C@H]([C@@H](O)c2ccc([N+](=O)[O-])o2)C(Br)=C1Br. The third-order valence-corrected chi connectivity index (χ3v) is 4.37. The first kappa shape index (κ1) is 13.2. The van der Waals surface area contributed by atoms with E-state index in [0.717, 1.165) is 6.07 Å². The van der Waals surface area contributed by atoms with Crippen molar-refractivity contribution in [2.45, 2.75) is 12.2 Å². The number of ether oxygens (including phenoxy) is 1. The molecule has 0 bridgehead atoms. The van der Waals surface area contributed by atoms with Crippen molar-refractivity contribution in [1.29, 1.82) is 0 Å².